The minimum atomic E-state index is -0.125. The number of nitrogens with one attached hydrogen (secondary N) is 1. The fourth-order valence-electron chi connectivity index (χ4n) is 2.84. The van der Waals surface area contributed by atoms with E-state index < -0.39 is 0 Å². The molecule has 2 amide bonds. The van der Waals surface area contributed by atoms with Crippen LogP contribution in [0.2, 0.25) is 10.0 Å². The molecule has 1 aliphatic heterocycles. The van der Waals surface area contributed by atoms with Crippen molar-refractivity contribution in [1.82, 2.24) is 4.90 Å². The molecule has 0 saturated carbocycles. The predicted octanol–water partition coefficient (Wildman–Crippen LogP) is 5.89. The quantitative estimate of drug-likeness (QED) is 0.704. The van der Waals surface area contributed by atoms with Gasteiger partial charge in [-0.05, 0) is 31.0 Å². The third-order valence-corrected chi connectivity index (χ3v) is 6.19. The highest BCUT2D eigenvalue weighted by atomic mass is 35.5. The number of thioether (sulfide) groups is 1. The first-order chi connectivity index (χ1) is 11.5. The molecule has 0 radical (unpaired) electrons. The van der Waals surface area contributed by atoms with Crippen molar-refractivity contribution in [3.63, 3.8) is 0 Å². The van der Waals surface area contributed by atoms with Crippen molar-refractivity contribution in [3.8, 4) is 0 Å². The topological polar surface area (TPSA) is 32.3 Å². The van der Waals surface area contributed by atoms with Crippen molar-refractivity contribution in [2.45, 2.75) is 19.2 Å². The van der Waals surface area contributed by atoms with E-state index in [1.54, 1.807) is 17.8 Å². The fourth-order valence-corrected chi connectivity index (χ4v) is 4.60. The second kappa shape index (κ2) is 7.26. The molecule has 1 fully saturated rings. The van der Waals surface area contributed by atoms with Gasteiger partial charge in [-0.25, -0.2) is 4.79 Å². The fraction of sp³-hybridized carbons (Fsp3) is 0.278. The molecule has 1 aliphatic rings. The van der Waals surface area contributed by atoms with Gasteiger partial charge in [0, 0.05) is 23.5 Å². The third-order valence-electron chi connectivity index (χ3n) is 4.11. The molecule has 1 unspecified atom stereocenters. The van der Waals surface area contributed by atoms with Gasteiger partial charge in [-0.15, -0.1) is 11.8 Å². The zero-order chi connectivity index (χ0) is 17.3. The van der Waals surface area contributed by atoms with Crippen LogP contribution in [-0.2, 0) is 0 Å². The predicted molar refractivity (Wildman–Crippen MR) is 103 cm³/mol. The zero-order valence-corrected chi connectivity index (χ0v) is 15.8. The average Bonchev–Trinajstić information content (AvgIpc) is 3.03. The zero-order valence-electron chi connectivity index (χ0n) is 13.5. The molecule has 2 aromatic rings. The highest BCUT2D eigenvalue weighted by Crippen LogP contribution is 2.43. The minimum absolute atomic E-state index is 0.113. The van der Waals surface area contributed by atoms with Crippen LogP contribution in [0.1, 0.15) is 22.1 Å². The molecule has 24 heavy (non-hydrogen) atoms. The number of para-hydroxylation sites is 1. The van der Waals surface area contributed by atoms with Gasteiger partial charge in [-0.3, -0.25) is 0 Å². The van der Waals surface area contributed by atoms with Crippen molar-refractivity contribution >= 4 is 46.7 Å². The average molecular weight is 381 g/mol. The molecule has 1 saturated heterocycles. The molecule has 0 aromatic heterocycles. The summed E-state index contributed by atoms with van der Waals surface area (Å²) in [5, 5.41) is 3.96. The maximum Gasteiger partial charge on any atom is 0.323 e. The Morgan fingerprint density at radius 1 is 1.17 bits per heavy atom. The molecule has 126 valence electrons. The summed E-state index contributed by atoms with van der Waals surface area (Å²) >= 11 is 14.2. The second-order valence-electron chi connectivity index (χ2n) is 5.76. The standard InChI is InChI=1S/C18H18Cl2N2OS/c1-11-5-3-6-12(2)16(11)21-18(23)22-9-10-24-17(22)13-7-4-8-14(19)15(13)20/h3-8,17H,9-10H2,1-2H3,(H,21,23). The number of halogens is 2. The van der Waals surface area contributed by atoms with Crippen molar-refractivity contribution in [2.24, 2.45) is 0 Å². The van der Waals surface area contributed by atoms with Gasteiger partial charge in [0.15, 0.2) is 0 Å². The molecule has 1 heterocycles. The van der Waals surface area contributed by atoms with Gasteiger partial charge >= 0.3 is 6.03 Å². The van der Waals surface area contributed by atoms with Crippen LogP contribution in [0.5, 0.6) is 0 Å². The molecular weight excluding hydrogens is 363 g/mol. The Kier molecular flexibility index (Phi) is 5.28. The Morgan fingerprint density at radius 2 is 1.83 bits per heavy atom. The minimum Gasteiger partial charge on any atom is -0.308 e. The molecule has 3 rings (SSSR count). The van der Waals surface area contributed by atoms with E-state index in [1.807, 2.05) is 49.1 Å². The van der Waals surface area contributed by atoms with Crippen LogP contribution >= 0.6 is 35.0 Å². The van der Waals surface area contributed by atoms with Crippen molar-refractivity contribution in [1.29, 1.82) is 0 Å². The Morgan fingerprint density at radius 3 is 2.54 bits per heavy atom. The van der Waals surface area contributed by atoms with E-state index in [9.17, 15) is 4.79 Å². The number of amides is 2. The van der Waals surface area contributed by atoms with Crippen LogP contribution < -0.4 is 5.32 Å². The number of hydrogen-bond acceptors (Lipinski definition) is 2. The lowest BCUT2D eigenvalue weighted by Gasteiger charge is -2.26. The molecule has 2 aromatic carbocycles. The van der Waals surface area contributed by atoms with E-state index in [4.69, 9.17) is 23.2 Å². The van der Waals surface area contributed by atoms with Crippen molar-refractivity contribution in [2.75, 3.05) is 17.6 Å². The SMILES string of the molecule is Cc1cccc(C)c1NC(=O)N1CCSC1c1cccc(Cl)c1Cl. The van der Waals surface area contributed by atoms with Crippen LogP contribution in [0.15, 0.2) is 36.4 Å². The highest BCUT2D eigenvalue weighted by molar-refractivity contribution is 7.99. The van der Waals surface area contributed by atoms with E-state index in [0.717, 1.165) is 28.1 Å². The third kappa shape index (κ3) is 3.37. The number of carbonyl (C=O) groups excluding carboxylic acids is 1. The molecule has 1 N–H and O–H groups in total. The van der Waals surface area contributed by atoms with E-state index in [0.29, 0.717) is 16.6 Å². The number of aryl methyl sites for hydroxylation is 2. The summed E-state index contributed by atoms with van der Waals surface area (Å²) in [6, 6.07) is 11.4. The van der Waals surface area contributed by atoms with Crippen molar-refractivity contribution in [3.05, 3.63) is 63.1 Å². The molecule has 3 nitrogen and oxygen atoms in total. The van der Waals surface area contributed by atoms with Crippen LogP contribution in [0.25, 0.3) is 0 Å². The lowest BCUT2D eigenvalue weighted by molar-refractivity contribution is 0.214. The largest absolute Gasteiger partial charge is 0.323 e. The second-order valence-corrected chi connectivity index (χ2v) is 7.73. The summed E-state index contributed by atoms with van der Waals surface area (Å²) in [6.07, 6.45) is 0. The molecule has 0 spiro atoms. The summed E-state index contributed by atoms with van der Waals surface area (Å²) in [5.74, 6) is 0.869. The van der Waals surface area contributed by atoms with Gasteiger partial charge in [-0.2, -0.15) is 0 Å². The van der Waals surface area contributed by atoms with Gasteiger partial charge in [0.1, 0.15) is 5.37 Å². The number of carbonyl (C=O) groups is 1. The van der Waals surface area contributed by atoms with Gasteiger partial charge < -0.3 is 10.2 Å². The summed E-state index contributed by atoms with van der Waals surface area (Å²) in [7, 11) is 0. The van der Waals surface area contributed by atoms with E-state index in [1.165, 1.54) is 0 Å². The van der Waals surface area contributed by atoms with Crippen LogP contribution in [0, 0.1) is 13.8 Å². The number of hydrogen-bond donors (Lipinski definition) is 1. The molecular formula is C18H18Cl2N2OS. The highest BCUT2D eigenvalue weighted by Gasteiger charge is 2.32. The first kappa shape index (κ1) is 17.5. The molecule has 0 bridgehead atoms. The smallest absolute Gasteiger partial charge is 0.308 e. The summed E-state index contributed by atoms with van der Waals surface area (Å²) < 4.78 is 0. The van der Waals surface area contributed by atoms with Gasteiger partial charge in [0.2, 0.25) is 0 Å². The number of anilines is 1. The van der Waals surface area contributed by atoms with Crippen molar-refractivity contribution < 1.29 is 4.79 Å². The molecule has 1 atom stereocenters. The van der Waals surface area contributed by atoms with E-state index in [2.05, 4.69) is 5.32 Å². The van der Waals surface area contributed by atoms with Gasteiger partial charge in [0.25, 0.3) is 0 Å². The first-order valence-corrected chi connectivity index (χ1v) is 9.49. The van der Waals surface area contributed by atoms with Crippen LogP contribution in [0.4, 0.5) is 10.5 Å². The van der Waals surface area contributed by atoms with E-state index in [-0.39, 0.29) is 11.4 Å². The molecule has 0 aliphatic carbocycles. The Hall–Kier alpha value is -1.36. The van der Waals surface area contributed by atoms with Crippen LogP contribution in [-0.4, -0.2) is 23.2 Å². The van der Waals surface area contributed by atoms with Crippen LogP contribution in [0.3, 0.4) is 0 Å². The van der Waals surface area contributed by atoms with E-state index >= 15 is 0 Å². The lowest BCUT2D eigenvalue weighted by atomic mass is 10.1. The molecule has 6 heteroatoms. The summed E-state index contributed by atoms with van der Waals surface area (Å²) in [5.41, 5.74) is 3.85. The Bertz CT molecular complexity index is 761. The monoisotopic (exact) mass is 380 g/mol. The number of benzene rings is 2. The first-order valence-electron chi connectivity index (χ1n) is 7.68. The number of rotatable bonds is 2. The number of urea groups is 1. The normalized spacial score (nSPS) is 17.2. The van der Waals surface area contributed by atoms with Gasteiger partial charge in [-0.1, -0.05) is 53.5 Å². The summed E-state index contributed by atoms with van der Waals surface area (Å²) in [4.78, 5) is 14.6. The number of nitrogens with zero attached hydrogens (tertiary/aromatic N) is 1. The Labute approximate surface area is 156 Å². The van der Waals surface area contributed by atoms with Gasteiger partial charge in [0.05, 0.1) is 10.0 Å². The summed E-state index contributed by atoms with van der Waals surface area (Å²) in [6.45, 7) is 4.66. The lowest BCUT2D eigenvalue weighted by Crippen LogP contribution is -2.34. The maximum atomic E-state index is 12.8. The Balaban J connectivity index is 1.85. The maximum absolute atomic E-state index is 12.8.